The third-order valence-electron chi connectivity index (χ3n) is 1.90. The van der Waals surface area contributed by atoms with Crippen LogP contribution in [0.1, 0.15) is 5.69 Å². The average molecular weight is 217 g/mol. The Bertz CT molecular complexity index is 431. The van der Waals surface area contributed by atoms with E-state index in [-0.39, 0.29) is 0 Å². The van der Waals surface area contributed by atoms with E-state index in [1.54, 1.807) is 31.8 Å². The number of ether oxygens (including phenoxy) is 2. The molecule has 5 heteroatoms. The van der Waals surface area contributed by atoms with Crippen molar-refractivity contribution >= 4 is 0 Å². The maximum Gasteiger partial charge on any atom is 0.231 e. The van der Waals surface area contributed by atoms with Crippen molar-refractivity contribution in [2.24, 2.45) is 0 Å². The highest BCUT2D eigenvalue weighted by Crippen LogP contribution is 2.07. The molecule has 2 aromatic heterocycles. The lowest BCUT2D eigenvalue weighted by molar-refractivity contribution is 0.288. The summed E-state index contributed by atoms with van der Waals surface area (Å²) in [5, 5.41) is 0. The molecular weight excluding hydrogens is 206 g/mol. The average Bonchev–Trinajstić information content (AvgIpc) is 2.38. The molecule has 2 aromatic rings. The van der Waals surface area contributed by atoms with Crippen molar-refractivity contribution in [1.82, 2.24) is 15.0 Å². The molecule has 0 bridgehead atoms. The topological polar surface area (TPSA) is 57.1 Å². The lowest BCUT2D eigenvalue weighted by Crippen LogP contribution is -2.00. The van der Waals surface area contributed by atoms with E-state index in [1.165, 1.54) is 0 Å². The van der Waals surface area contributed by atoms with Crippen LogP contribution in [0.15, 0.2) is 36.8 Å². The molecule has 0 atom stereocenters. The van der Waals surface area contributed by atoms with Gasteiger partial charge in [-0.15, -0.1) is 0 Å². The lowest BCUT2D eigenvalue weighted by Gasteiger charge is -2.04. The van der Waals surface area contributed by atoms with E-state index in [0.717, 1.165) is 5.69 Å². The SMILES string of the molecule is COc1cnc(COc2ccccn2)cn1. The van der Waals surface area contributed by atoms with E-state index < -0.39 is 0 Å². The second kappa shape index (κ2) is 5.06. The number of nitrogens with zero attached hydrogens (tertiary/aromatic N) is 3. The van der Waals surface area contributed by atoms with Crippen molar-refractivity contribution in [2.45, 2.75) is 6.61 Å². The molecule has 0 saturated carbocycles. The van der Waals surface area contributed by atoms with Crippen molar-refractivity contribution in [3.8, 4) is 11.8 Å². The molecule has 16 heavy (non-hydrogen) atoms. The van der Waals surface area contributed by atoms with Crippen LogP contribution in [0.2, 0.25) is 0 Å². The van der Waals surface area contributed by atoms with Crippen molar-refractivity contribution in [3.63, 3.8) is 0 Å². The van der Waals surface area contributed by atoms with Crippen LogP contribution >= 0.6 is 0 Å². The number of hydrogen-bond acceptors (Lipinski definition) is 5. The Hall–Kier alpha value is -2.17. The second-order valence-electron chi connectivity index (χ2n) is 3.01. The maximum atomic E-state index is 5.41. The van der Waals surface area contributed by atoms with Gasteiger partial charge in [0.1, 0.15) is 6.61 Å². The third kappa shape index (κ3) is 2.66. The first-order chi connectivity index (χ1) is 7.88. The monoisotopic (exact) mass is 217 g/mol. The minimum Gasteiger partial charge on any atom is -0.480 e. The largest absolute Gasteiger partial charge is 0.480 e. The molecule has 5 nitrogen and oxygen atoms in total. The smallest absolute Gasteiger partial charge is 0.231 e. The summed E-state index contributed by atoms with van der Waals surface area (Å²) < 4.78 is 10.3. The zero-order valence-corrected chi connectivity index (χ0v) is 8.83. The van der Waals surface area contributed by atoms with Crippen LogP contribution in [-0.2, 0) is 6.61 Å². The van der Waals surface area contributed by atoms with Crippen LogP contribution in [0.5, 0.6) is 11.8 Å². The molecule has 2 rings (SSSR count). The second-order valence-corrected chi connectivity index (χ2v) is 3.01. The molecular formula is C11H11N3O2. The van der Waals surface area contributed by atoms with E-state index >= 15 is 0 Å². The van der Waals surface area contributed by atoms with Crippen LogP contribution in [0.3, 0.4) is 0 Å². The molecule has 0 aliphatic heterocycles. The van der Waals surface area contributed by atoms with Gasteiger partial charge in [0.25, 0.3) is 0 Å². The minimum atomic E-state index is 0.341. The third-order valence-corrected chi connectivity index (χ3v) is 1.90. The molecule has 0 saturated heterocycles. The molecule has 0 radical (unpaired) electrons. The summed E-state index contributed by atoms with van der Waals surface area (Å²) in [5.41, 5.74) is 0.728. The molecule has 0 spiro atoms. The Morgan fingerprint density at radius 2 is 2.00 bits per heavy atom. The zero-order chi connectivity index (χ0) is 11.2. The lowest BCUT2D eigenvalue weighted by atomic mass is 10.4. The van der Waals surface area contributed by atoms with Crippen LogP contribution in [0.25, 0.3) is 0 Å². The van der Waals surface area contributed by atoms with Gasteiger partial charge in [0.2, 0.25) is 11.8 Å². The van der Waals surface area contributed by atoms with Gasteiger partial charge in [-0.3, -0.25) is 4.98 Å². The molecule has 0 aromatic carbocycles. The molecule has 0 N–H and O–H groups in total. The Labute approximate surface area is 93.1 Å². The van der Waals surface area contributed by atoms with Gasteiger partial charge in [0.15, 0.2) is 0 Å². The molecule has 0 aliphatic rings. The van der Waals surface area contributed by atoms with Crippen LogP contribution in [0.4, 0.5) is 0 Å². The predicted molar refractivity (Wildman–Crippen MR) is 57.2 cm³/mol. The highest BCUT2D eigenvalue weighted by molar-refractivity contribution is 5.11. The Kier molecular flexibility index (Phi) is 3.28. The summed E-state index contributed by atoms with van der Waals surface area (Å²) in [4.78, 5) is 12.2. The van der Waals surface area contributed by atoms with Crippen molar-refractivity contribution in [3.05, 3.63) is 42.5 Å². The fourth-order valence-corrected chi connectivity index (χ4v) is 1.10. The van der Waals surface area contributed by atoms with Crippen LogP contribution in [0, 0.1) is 0 Å². The Morgan fingerprint density at radius 3 is 2.62 bits per heavy atom. The number of rotatable bonds is 4. The van der Waals surface area contributed by atoms with Crippen LogP contribution in [-0.4, -0.2) is 22.1 Å². The van der Waals surface area contributed by atoms with E-state index in [2.05, 4.69) is 15.0 Å². The normalized spacial score (nSPS) is 9.81. The summed E-state index contributed by atoms with van der Waals surface area (Å²) in [7, 11) is 1.55. The molecule has 0 aliphatic carbocycles. The first-order valence-corrected chi connectivity index (χ1v) is 4.77. The number of aromatic nitrogens is 3. The van der Waals surface area contributed by atoms with E-state index in [0.29, 0.717) is 18.4 Å². The maximum absolute atomic E-state index is 5.41. The summed E-state index contributed by atoms with van der Waals surface area (Å²) >= 11 is 0. The van der Waals surface area contributed by atoms with Crippen molar-refractivity contribution < 1.29 is 9.47 Å². The van der Waals surface area contributed by atoms with Gasteiger partial charge >= 0.3 is 0 Å². The van der Waals surface area contributed by atoms with E-state index in [4.69, 9.17) is 9.47 Å². The van der Waals surface area contributed by atoms with Crippen LogP contribution < -0.4 is 9.47 Å². The van der Waals surface area contributed by atoms with Gasteiger partial charge < -0.3 is 9.47 Å². The van der Waals surface area contributed by atoms with Crippen molar-refractivity contribution in [2.75, 3.05) is 7.11 Å². The highest BCUT2D eigenvalue weighted by Gasteiger charge is 1.99. The highest BCUT2D eigenvalue weighted by atomic mass is 16.5. The first kappa shape index (κ1) is 10.4. The summed E-state index contributed by atoms with van der Waals surface area (Å²) in [5.74, 6) is 1.06. The van der Waals surface area contributed by atoms with Gasteiger partial charge in [-0.1, -0.05) is 6.07 Å². The summed E-state index contributed by atoms with van der Waals surface area (Å²) in [6, 6.07) is 5.49. The first-order valence-electron chi connectivity index (χ1n) is 4.77. The number of hydrogen-bond donors (Lipinski definition) is 0. The molecule has 82 valence electrons. The minimum absolute atomic E-state index is 0.341. The van der Waals surface area contributed by atoms with Gasteiger partial charge in [-0.05, 0) is 6.07 Å². The number of methoxy groups -OCH3 is 1. The van der Waals surface area contributed by atoms with Gasteiger partial charge in [0, 0.05) is 12.3 Å². The zero-order valence-electron chi connectivity index (χ0n) is 8.83. The molecule has 0 fully saturated rings. The molecule has 0 unspecified atom stereocenters. The van der Waals surface area contributed by atoms with E-state index in [1.807, 2.05) is 12.1 Å². The Morgan fingerprint density at radius 1 is 1.06 bits per heavy atom. The molecule has 0 amide bonds. The fourth-order valence-electron chi connectivity index (χ4n) is 1.10. The Balaban J connectivity index is 1.94. The predicted octanol–water partition coefficient (Wildman–Crippen LogP) is 1.46. The van der Waals surface area contributed by atoms with Gasteiger partial charge in [0.05, 0.1) is 25.2 Å². The van der Waals surface area contributed by atoms with Gasteiger partial charge in [-0.25, -0.2) is 9.97 Å². The fraction of sp³-hybridized carbons (Fsp3) is 0.182. The van der Waals surface area contributed by atoms with Crippen molar-refractivity contribution in [1.29, 1.82) is 0 Å². The van der Waals surface area contributed by atoms with Gasteiger partial charge in [-0.2, -0.15) is 0 Å². The summed E-state index contributed by atoms with van der Waals surface area (Å²) in [6.45, 7) is 0.341. The quantitative estimate of drug-likeness (QED) is 0.776. The van der Waals surface area contributed by atoms with E-state index in [9.17, 15) is 0 Å². The summed E-state index contributed by atoms with van der Waals surface area (Å²) in [6.07, 6.45) is 4.84. The molecule has 2 heterocycles. The number of pyridine rings is 1. The standard InChI is InChI=1S/C11H11N3O2/c1-15-11-7-13-9(6-14-11)8-16-10-4-2-3-5-12-10/h2-7H,8H2,1H3.